The van der Waals surface area contributed by atoms with Gasteiger partial charge < -0.3 is 10.1 Å². The maximum atomic E-state index is 14.7. The van der Waals surface area contributed by atoms with Crippen molar-refractivity contribution in [1.82, 2.24) is 15.0 Å². The third-order valence-electron chi connectivity index (χ3n) is 6.15. The highest BCUT2D eigenvalue weighted by molar-refractivity contribution is 7.17. The molecule has 2 N–H and O–H groups in total. The number of carboxylic acid groups (broad SMARTS) is 1. The number of amides is 1. The van der Waals surface area contributed by atoms with Crippen molar-refractivity contribution in [2.75, 3.05) is 0 Å². The monoisotopic (exact) mass is 538 g/mol. The minimum atomic E-state index is -2.29. The fourth-order valence-corrected chi connectivity index (χ4v) is 5.32. The molecule has 2 aromatic carbocycles. The zero-order valence-electron chi connectivity index (χ0n) is 19.4. The Morgan fingerprint density at radius 1 is 1.19 bits per heavy atom. The maximum absolute atomic E-state index is 14.7. The minimum Gasteiger partial charge on any atom is -0.481 e. The second-order valence-corrected chi connectivity index (χ2v) is 9.96. The van der Waals surface area contributed by atoms with Gasteiger partial charge in [-0.2, -0.15) is 5.10 Å². The lowest BCUT2D eigenvalue weighted by Gasteiger charge is -2.23. The van der Waals surface area contributed by atoms with Gasteiger partial charge in [-0.05, 0) is 30.2 Å². The number of thiazole rings is 1. The van der Waals surface area contributed by atoms with Crippen LogP contribution in [-0.2, 0) is 9.59 Å². The average Bonchev–Trinajstić information content (AvgIpc) is 3.50. The Kier molecular flexibility index (Phi) is 6.61. The number of carbonyl (C=O) groups is 2. The summed E-state index contributed by atoms with van der Waals surface area (Å²) in [5, 5.41) is 14.9. The third-order valence-corrected chi connectivity index (χ3v) is 7.24. The number of carbonyl (C=O) groups excluding carboxylic acids is 1. The number of aromatic nitrogens is 2. The molecule has 8 nitrogen and oxygen atoms in total. The molecule has 0 radical (unpaired) electrons. The van der Waals surface area contributed by atoms with Gasteiger partial charge in [0.25, 0.3) is 11.5 Å². The van der Waals surface area contributed by atoms with E-state index >= 15 is 0 Å². The van der Waals surface area contributed by atoms with Gasteiger partial charge in [-0.3, -0.25) is 14.4 Å². The van der Waals surface area contributed by atoms with Crippen molar-refractivity contribution < 1.29 is 19.1 Å². The number of carboxylic acids is 1. The van der Waals surface area contributed by atoms with Crippen molar-refractivity contribution >= 4 is 50.9 Å². The van der Waals surface area contributed by atoms with Crippen LogP contribution >= 0.6 is 22.9 Å². The molecule has 0 spiro atoms. The Morgan fingerprint density at radius 3 is 2.57 bits per heavy atom. The Hall–Kier alpha value is -3.89. The van der Waals surface area contributed by atoms with E-state index in [-0.39, 0.29) is 17.7 Å². The van der Waals surface area contributed by atoms with E-state index < -0.39 is 36.1 Å². The van der Waals surface area contributed by atoms with Crippen LogP contribution in [0.5, 0.6) is 0 Å². The topological polar surface area (TPSA) is 116 Å². The summed E-state index contributed by atoms with van der Waals surface area (Å²) in [4.78, 5) is 44.5. The fourth-order valence-electron chi connectivity index (χ4n) is 4.37. The molecule has 1 unspecified atom stereocenters. The smallest absolute Gasteiger partial charge is 0.306 e. The van der Waals surface area contributed by atoms with Crippen LogP contribution in [0.25, 0.3) is 21.5 Å². The number of alkyl halides is 1. The highest BCUT2D eigenvalue weighted by atomic mass is 35.5. The van der Waals surface area contributed by atoms with Crippen molar-refractivity contribution in [3.8, 4) is 11.1 Å². The van der Waals surface area contributed by atoms with E-state index in [0.717, 1.165) is 10.6 Å². The van der Waals surface area contributed by atoms with Crippen molar-refractivity contribution in [2.45, 2.75) is 32.0 Å². The molecule has 5 rings (SSSR count). The molecule has 3 heterocycles. The minimum absolute atomic E-state index is 0.128. The van der Waals surface area contributed by atoms with Crippen molar-refractivity contribution in [1.29, 1.82) is 0 Å². The normalized spacial score (nSPS) is 16.1. The predicted molar refractivity (Wildman–Crippen MR) is 140 cm³/mol. The first kappa shape index (κ1) is 24.8. The maximum Gasteiger partial charge on any atom is 0.306 e. The molecule has 0 bridgehead atoms. The van der Waals surface area contributed by atoms with Crippen molar-refractivity contribution in [3.05, 3.63) is 86.1 Å². The zero-order valence-corrected chi connectivity index (χ0v) is 21.0. The summed E-state index contributed by atoms with van der Waals surface area (Å²) in [6.07, 6.45) is -3.14. The predicted octanol–water partition coefficient (Wildman–Crippen LogP) is 5.10. The third kappa shape index (κ3) is 4.77. The molecule has 1 amide bonds. The van der Waals surface area contributed by atoms with Gasteiger partial charge in [-0.1, -0.05) is 53.6 Å². The summed E-state index contributed by atoms with van der Waals surface area (Å²) >= 11 is 7.43. The molecule has 1 aliphatic rings. The van der Waals surface area contributed by atoms with Gasteiger partial charge in [0.05, 0.1) is 33.9 Å². The van der Waals surface area contributed by atoms with Gasteiger partial charge in [0.2, 0.25) is 0 Å². The van der Waals surface area contributed by atoms with Crippen LogP contribution in [0, 0.1) is 6.92 Å². The highest BCUT2D eigenvalue weighted by Crippen LogP contribution is 2.38. The molecule has 0 saturated heterocycles. The number of aromatic amines is 1. The number of nitrogens with one attached hydrogen (secondary N) is 1. The first-order valence-corrected chi connectivity index (χ1v) is 12.6. The quantitative estimate of drug-likeness (QED) is 0.354. The lowest BCUT2D eigenvalue weighted by Crippen LogP contribution is -2.35. The summed E-state index contributed by atoms with van der Waals surface area (Å²) in [6, 6.07) is 13.6. The number of pyridine rings is 1. The number of H-pyrrole nitrogens is 1. The van der Waals surface area contributed by atoms with Crippen LogP contribution in [0.3, 0.4) is 0 Å². The zero-order chi connectivity index (χ0) is 26.3. The van der Waals surface area contributed by atoms with E-state index in [1.165, 1.54) is 11.3 Å². The van der Waals surface area contributed by atoms with Gasteiger partial charge in [0, 0.05) is 17.0 Å². The summed E-state index contributed by atoms with van der Waals surface area (Å²) in [7, 11) is 0. The van der Waals surface area contributed by atoms with E-state index in [9.17, 15) is 18.8 Å². The van der Waals surface area contributed by atoms with Crippen LogP contribution in [0.15, 0.2) is 63.9 Å². The highest BCUT2D eigenvalue weighted by Gasteiger charge is 2.39. The van der Waals surface area contributed by atoms with Crippen LogP contribution < -0.4 is 5.56 Å². The molecular weight excluding hydrogens is 519 g/mol. The molecular formula is C26H20ClFN4O4S. The first-order valence-electron chi connectivity index (χ1n) is 11.3. The number of halogens is 2. The largest absolute Gasteiger partial charge is 0.481 e. The molecule has 11 heteroatoms. The van der Waals surface area contributed by atoms with Crippen LogP contribution in [-0.4, -0.2) is 43.8 Å². The number of hydrogen-bond donors (Lipinski definition) is 2. The number of fused-ring (bicyclic) bond motifs is 1. The second kappa shape index (κ2) is 9.87. The first-order chi connectivity index (χ1) is 17.7. The van der Waals surface area contributed by atoms with Crippen LogP contribution in [0.1, 0.15) is 35.6 Å². The molecule has 37 heavy (non-hydrogen) atoms. The SMILES string of the molecule is Cc1ccc([C@@H]2CC(c3c(-c4ccc(Cl)cc4)c4scnc4[nH]c3=O)=NN2C(=O)C(F)CC(=O)O)cc1. The van der Waals surface area contributed by atoms with E-state index in [1.54, 1.807) is 41.9 Å². The molecule has 2 aromatic heterocycles. The Balaban J connectivity index is 1.68. The summed E-state index contributed by atoms with van der Waals surface area (Å²) < 4.78 is 15.4. The number of nitrogens with zero attached hydrogens (tertiary/aromatic N) is 3. The number of rotatable bonds is 6. The fraction of sp³-hybridized carbons (Fsp3) is 0.192. The van der Waals surface area contributed by atoms with E-state index in [1.807, 2.05) is 19.1 Å². The lowest BCUT2D eigenvalue weighted by molar-refractivity contribution is -0.146. The number of aryl methyl sites for hydroxylation is 1. The van der Waals surface area contributed by atoms with Crippen LogP contribution in [0.4, 0.5) is 4.39 Å². The van der Waals surface area contributed by atoms with Gasteiger partial charge in [0.15, 0.2) is 11.8 Å². The van der Waals surface area contributed by atoms with E-state index in [2.05, 4.69) is 15.1 Å². The van der Waals surface area contributed by atoms with Crippen molar-refractivity contribution in [2.24, 2.45) is 5.10 Å². The second-order valence-electron chi connectivity index (χ2n) is 8.67. The van der Waals surface area contributed by atoms with Gasteiger partial charge in [0.1, 0.15) is 0 Å². The molecule has 4 aromatic rings. The summed E-state index contributed by atoms with van der Waals surface area (Å²) in [6.45, 7) is 1.91. The van der Waals surface area contributed by atoms with Gasteiger partial charge in [-0.15, -0.1) is 11.3 Å². The van der Waals surface area contributed by atoms with E-state index in [0.29, 0.717) is 32.1 Å². The standard InChI is InChI=1S/C26H20ClFN4O4S/c1-13-2-4-14(5-3-13)19-11-18(31-32(19)26(36)17(28)10-20(33)34)22-21(15-6-8-16(27)9-7-15)23-24(29-12-37-23)30-25(22)35/h2-9,12,17,19H,10-11H2,1H3,(H,30,35)(H,33,34)/t17?,19-/m0/s1. The molecule has 2 atom stereocenters. The number of hydrogen-bond acceptors (Lipinski definition) is 6. The van der Waals surface area contributed by atoms with Crippen molar-refractivity contribution in [3.63, 3.8) is 0 Å². The average molecular weight is 539 g/mol. The summed E-state index contributed by atoms with van der Waals surface area (Å²) in [5.74, 6) is -2.51. The van der Waals surface area contributed by atoms with Crippen LogP contribution in [0.2, 0.25) is 5.02 Å². The summed E-state index contributed by atoms with van der Waals surface area (Å²) in [5.41, 5.74) is 5.05. The molecule has 0 fully saturated rings. The Labute approximate surface area is 219 Å². The Morgan fingerprint density at radius 2 is 1.89 bits per heavy atom. The Bertz CT molecular complexity index is 1600. The molecule has 0 saturated carbocycles. The molecule has 188 valence electrons. The lowest BCUT2D eigenvalue weighted by atomic mass is 9.93. The number of aliphatic carboxylic acids is 1. The van der Waals surface area contributed by atoms with Gasteiger partial charge in [-0.25, -0.2) is 14.4 Å². The molecule has 1 aliphatic heterocycles. The molecule has 0 aliphatic carbocycles. The number of benzene rings is 2. The van der Waals surface area contributed by atoms with Gasteiger partial charge >= 0.3 is 5.97 Å². The number of hydrazone groups is 1. The van der Waals surface area contributed by atoms with E-state index in [4.69, 9.17) is 16.7 Å².